The lowest BCUT2D eigenvalue weighted by Crippen LogP contribution is -2.47. The minimum Gasteiger partial charge on any atom is -0.465 e. The summed E-state index contributed by atoms with van der Waals surface area (Å²) >= 11 is 0. The normalized spacial score (nSPS) is 14.0. The van der Waals surface area contributed by atoms with Crippen LogP contribution >= 0.6 is 0 Å². The molecule has 4 aromatic rings. The van der Waals surface area contributed by atoms with Crippen LogP contribution in [0.4, 0.5) is 5.69 Å². The molecule has 2 atom stereocenters. The number of anilines is 1. The molecule has 188 valence electrons. The Morgan fingerprint density at radius 1 is 0.833 bits per heavy atom. The Balaban J connectivity index is 1.51. The van der Waals surface area contributed by atoms with Gasteiger partial charge in [-0.15, -0.1) is 10.2 Å². The number of nitrogens with zero attached hydrogens (tertiary/aromatic N) is 1. The lowest BCUT2D eigenvalue weighted by atomic mass is 9.37. The summed E-state index contributed by atoms with van der Waals surface area (Å²) in [4.78, 5) is 30.3. The molecule has 6 nitrogen and oxygen atoms in total. The van der Waals surface area contributed by atoms with Crippen molar-refractivity contribution in [1.82, 2.24) is 4.98 Å². The first-order valence-corrected chi connectivity index (χ1v) is 12.7. The van der Waals surface area contributed by atoms with Crippen LogP contribution in [0, 0.1) is 0 Å². The van der Waals surface area contributed by atoms with Gasteiger partial charge in [-0.1, -0.05) is 53.6 Å². The van der Waals surface area contributed by atoms with Crippen molar-refractivity contribution in [3.05, 3.63) is 107 Å². The van der Waals surface area contributed by atoms with Gasteiger partial charge in [-0.05, 0) is 40.8 Å². The fraction of sp³-hybridized carbons (Fsp3) is 0.179. The van der Waals surface area contributed by atoms with Crippen molar-refractivity contribution in [2.45, 2.75) is 21.5 Å². The molecule has 0 bridgehead atoms. The van der Waals surface area contributed by atoms with Gasteiger partial charge >= 0.3 is 5.97 Å². The number of carbonyl (C=O) groups is 2. The summed E-state index contributed by atoms with van der Waals surface area (Å²) in [6.07, 6.45) is 3.38. The predicted octanol–water partition coefficient (Wildman–Crippen LogP) is 0.452. The van der Waals surface area contributed by atoms with Gasteiger partial charge in [-0.3, -0.25) is 9.78 Å². The summed E-state index contributed by atoms with van der Waals surface area (Å²) in [7, 11) is 47.4. The third-order valence-corrected chi connectivity index (χ3v) is 6.82. The van der Waals surface area contributed by atoms with Crippen LogP contribution in [0.5, 0.6) is 0 Å². The van der Waals surface area contributed by atoms with Crippen molar-refractivity contribution >= 4 is 91.1 Å². The number of esters is 1. The summed E-state index contributed by atoms with van der Waals surface area (Å²) in [6, 6.07) is 16.4. The zero-order valence-corrected chi connectivity index (χ0v) is 22.7. The lowest BCUT2D eigenvalue weighted by Gasteiger charge is -2.29. The Kier molecular flexibility index (Phi) is 8.98. The topological polar surface area (TPSA) is 94.3 Å². The first-order chi connectivity index (χ1) is 19.6. The number of fused-ring (bicyclic) bond motifs is 1. The van der Waals surface area contributed by atoms with Gasteiger partial charge in [0.05, 0.1) is 66.5 Å². The molecule has 0 aliphatic carbocycles. The molecule has 14 heteroatoms. The molecule has 16 radical (unpaired) electrons. The molecule has 0 aliphatic rings. The van der Waals surface area contributed by atoms with E-state index < -0.39 is 33.4 Å². The second-order valence-electron chi connectivity index (χ2n) is 10.1. The maximum Gasteiger partial charge on any atom is 0.338 e. The largest absolute Gasteiger partial charge is 0.465 e. The molecule has 0 spiro atoms. The highest BCUT2D eigenvalue weighted by atomic mass is 16.5. The Bertz CT molecular complexity index is 1620. The second kappa shape index (κ2) is 12.0. The summed E-state index contributed by atoms with van der Waals surface area (Å²) in [6.45, 7) is -0.190. The van der Waals surface area contributed by atoms with Crippen molar-refractivity contribution in [3.63, 3.8) is 0 Å². The molecule has 1 aromatic heterocycles. The Hall–Kier alpha value is -3.51. The van der Waals surface area contributed by atoms with E-state index in [0.29, 0.717) is 16.8 Å². The van der Waals surface area contributed by atoms with E-state index in [1.165, 1.54) is 18.2 Å². The van der Waals surface area contributed by atoms with Crippen molar-refractivity contribution < 1.29 is 14.3 Å². The molecule has 0 saturated heterocycles. The number of carbonyl (C=O) groups excluding carboxylic acids is 2. The second-order valence-corrected chi connectivity index (χ2v) is 10.1. The van der Waals surface area contributed by atoms with Gasteiger partial charge in [-0.25, -0.2) is 4.79 Å². The third-order valence-electron chi connectivity index (χ3n) is 6.82. The minimum atomic E-state index is -1.95. The van der Waals surface area contributed by atoms with Crippen LogP contribution in [0.2, 0.25) is 0 Å². The fourth-order valence-electron chi connectivity index (χ4n) is 4.31. The lowest BCUT2D eigenvalue weighted by molar-refractivity contribution is -0.118. The summed E-state index contributed by atoms with van der Waals surface area (Å²) in [5.74, 6) is -1.38. The third kappa shape index (κ3) is 6.75. The van der Waals surface area contributed by atoms with E-state index in [-0.39, 0.29) is 23.2 Å². The van der Waals surface area contributed by atoms with Gasteiger partial charge in [-0.2, -0.15) is 0 Å². The number of hydrogen-bond acceptors (Lipinski definition) is 5. The smallest absolute Gasteiger partial charge is 0.338 e. The van der Waals surface area contributed by atoms with Crippen LogP contribution in [0.25, 0.3) is 10.8 Å². The number of rotatable bonds is 9. The zero-order valence-electron chi connectivity index (χ0n) is 22.7. The van der Waals surface area contributed by atoms with Crippen LogP contribution < -0.4 is 11.1 Å². The molecule has 1 amide bonds. The Morgan fingerprint density at radius 3 is 2.12 bits per heavy atom. The van der Waals surface area contributed by atoms with Crippen molar-refractivity contribution in [1.29, 1.82) is 0 Å². The molecule has 0 aliphatic heterocycles. The van der Waals surface area contributed by atoms with Crippen molar-refractivity contribution in [2.75, 3.05) is 11.9 Å². The summed E-state index contributed by atoms with van der Waals surface area (Å²) < 4.78 is 5.44. The van der Waals surface area contributed by atoms with Crippen LogP contribution in [-0.2, 0) is 25.1 Å². The van der Waals surface area contributed by atoms with Crippen molar-refractivity contribution in [3.8, 4) is 0 Å². The van der Waals surface area contributed by atoms with Crippen LogP contribution in [0.15, 0.2) is 79.1 Å². The molecule has 4 rings (SSSR count). The van der Waals surface area contributed by atoms with Crippen molar-refractivity contribution in [2.24, 2.45) is 5.73 Å². The first-order valence-electron chi connectivity index (χ1n) is 12.7. The molecular weight excluding hydrogens is 513 g/mol. The highest BCUT2D eigenvalue weighted by molar-refractivity contribution is 6.60. The molecule has 1 heterocycles. The van der Waals surface area contributed by atoms with Gasteiger partial charge in [0.15, 0.2) is 0 Å². The van der Waals surface area contributed by atoms with E-state index in [1.807, 2.05) is 18.2 Å². The van der Waals surface area contributed by atoms with E-state index in [9.17, 15) is 9.59 Å². The number of aromatic nitrogens is 1. The molecule has 2 unspecified atom stereocenters. The number of pyridine rings is 1. The number of nitrogens with two attached hydrogens (primary N) is 1. The maximum absolute atomic E-state index is 13.2. The average molecular weight is 532 g/mol. The van der Waals surface area contributed by atoms with E-state index in [0.717, 1.165) is 10.8 Å². The maximum atomic E-state index is 13.2. The fourth-order valence-corrected chi connectivity index (χ4v) is 4.31. The Labute approximate surface area is 256 Å². The van der Waals surface area contributed by atoms with E-state index in [2.05, 4.69) is 10.3 Å². The molecule has 42 heavy (non-hydrogen) atoms. The Morgan fingerprint density at radius 2 is 1.50 bits per heavy atom. The monoisotopic (exact) mass is 533 g/mol. The number of ether oxygens (including phenoxy) is 1. The predicted molar refractivity (Wildman–Crippen MR) is 172 cm³/mol. The highest BCUT2D eigenvalue weighted by Gasteiger charge is 2.33. The number of amides is 1. The SMILES string of the molecule is [B]C(OC(=O)c1ccc(C([B])([B])[B])cc1C([B])([B])[B])c1ccc(C([B])(CN)C(=O)Nc2ccc3cnccc3c2)cc1. The molecule has 3 aromatic carbocycles. The van der Waals surface area contributed by atoms with Crippen LogP contribution in [-0.4, -0.2) is 86.2 Å². The van der Waals surface area contributed by atoms with Gasteiger partial charge < -0.3 is 15.8 Å². The van der Waals surface area contributed by atoms with Gasteiger partial charge in [0, 0.05) is 35.3 Å². The van der Waals surface area contributed by atoms with Gasteiger partial charge in [0.2, 0.25) is 5.91 Å². The van der Waals surface area contributed by atoms with E-state index in [4.69, 9.17) is 73.2 Å². The summed E-state index contributed by atoms with van der Waals surface area (Å²) in [5, 5.41) is -0.600. The molecule has 0 fully saturated rings. The van der Waals surface area contributed by atoms with E-state index >= 15 is 0 Å². The van der Waals surface area contributed by atoms with Gasteiger partial charge in [0.1, 0.15) is 7.85 Å². The van der Waals surface area contributed by atoms with Gasteiger partial charge in [0.25, 0.3) is 0 Å². The number of hydrogen-bond donors (Lipinski definition) is 2. The molecular formula is C28H19B8N3O3. The quantitative estimate of drug-likeness (QED) is 0.242. The average Bonchev–Trinajstić information content (AvgIpc) is 2.95. The number of benzene rings is 3. The number of nitrogens with one attached hydrogen (secondary N) is 1. The summed E-state index contributed by atoms with van der Waals surface area (Å²) in [5.41, 5.74) is 7.48. The first kappa shape index (κ1) is 31.4. The zero-order chi connectivity index (χ0) is 30.9. The molecule has 0 saturated carbocycles. The van der Waals surface area contributed by atoms with E-state index in [1.54, 1.807) is 42.7 Å². The minimum absolute atomic E-state index is 0.0109. The molecule has 3 N–H and O–H groups in total. The standard InChI is InChI=1S/C28H19B8N3O3/c29-23(42-24(40)21-8-6-19(27(31,32)33)12-22(21)28(34,35)36)15-1-4-18(5-2-15)26(30,14-37)25(41)39-20-7-3-17-13-38-10-9-16(17)11-20/h1-13,23H,14,37H2,(H,39,41). The highest BCUT2D eigenvalue weighted by Crippen LogP contribution is 2.28. The van der Waals surface area contributed by atoms with Crippen LogP contribution in [0.1, 0.15) is 38.6 Å². The van der Waals surface area contributed by atoms with Crippen LogP contribution in [0.3, 0.4) is 0 Å².